The molecule has 1 aromatic heterocycles. The Labute approximate surface area is 185 Å². The van der Waals surface area contributed by atoms with Gasteiger partial charge in [0.2, 0.25) is 0 Å². The summed E-state index contributed by atoms with van der Waals surface area (Å²) in [7, 11) is 1.95. The average Bonchev–Trinajstić information content (AvgIpc) is 3.41. The molecule has 2 fully saturated rings. The number of aryl methyl sites for hydroxylation is 1. The molecule has 2 aliphatic rings. The van der Waals surface area contributed by atoms with Crippen LogP contribution in [0.15, 0.2) is 79.0 Å². The molecule has 4 heteroatoms. The molecule has 5 rings (SSSR count). The van der Waals surface area contributed by atoms with Crippen LogP contribution in [-0.2, 0) is 7.05 Å². The summed E-state index contributed by atoms with van der Waals surface area (Å²) in [6.07, 6.45) is 5.40. The van der Waals surface area contributed by atoms with Gasteiger partial charge in [0.15, 0.2) is 0 Å². The molecule has 2 aliphatic heterocycles. The molecule has 0 unspecified atom stereocenters. The number of rotatable bonds is 4. The van der Waals surface area contributed by atoms with Crippen molar-refractivity contribution >= 4 is 5.91 Å². The molecular weight excluding hydrogens is 382 g/mol. The Bertz CT molecular complexity index is 989. The average molecular weight is 414 g/mol. The van der Waals surface area contributed by atoms with Gasteiger partial charge in [-0.15, -0.1) is 0 Å². The number of amides is 1. The van der Waals surface area contributed by atoms with E-state index in [2.05, 4.69) is 70.5 Å². The van der Waals surface area contributed by atoms with Crippen molar-refractivity contribution in [2.45, 2.75) is 25.3 Å². The first-order chi connectivity index (χ1) is 15.2. The van der Waals surface area contributed by atoms with E-state index >= 15 is 0 Å². The molecule has 0 bridgehead atoms. The predicted octanol–water partition coefficient (Wildman–Crippen LogP) is 4.74. The van der Waals surface area contributed by atoms with Gasteiger partial charge in [-0.05, 0) is 49.1 Å². The fourth-order valence-electron chi connectivity index (χ4n) is 5.63. The summed E-state index contributed by atoms with van der Waals surface area (Å²) in [5.74, 6) is 0.174. The van der Waals surface area contributed by atoms with Crippen LogP contribution in [-0.4, -0.2) is 46.5 Å². The Balaban J connectivity index is 1.38. The molecule has 2 aromatic carbocycles. The second-order valence-electron chi connectivity index (χ2n) is 9.28. The lowest BCUT2D eigenvalue weighted by Crippen LogP contribution is -2.47. The third-order valence-corrected chi connectivity index (χ3v) is 7.18. The minimum Gasteiger partial charge on any atom is -0.347 e. The van der Waals surface area contributed by atoms with E-state index in [0.29, 0.717) is 0 Å². The molecule has 1 atom stereocenters. The van der Waals surface area contributed by atoms with Crippen LogP contribution in [0.3, 0.4) is 0 Å². The minimum absolute atomic E-state index is 0.174. The van der Waals surface area contributed by atoms with Gasteiger partial charge in [-0.2, -0.15) is 0 Å². The van der Waals surface area contributed by atoms with Gasteiger partial charge in [-0.1, -0.05) is 60.7 Å². The fourth-order valence-corrected chi connectivity index (χ4v) is 5.63. The van der Waals surface area contributed by atoms with E-state index in [0.717, 1.165) is 44.7 Å². The fraction of sp³-hybridized carbons (Fsp3) is 0.370. The van der Waals surface area contributed by atoms with Gasteiger partial charge in [0.05, 0.1) is 6.04 Å². The van der Waals surface area contributed by atoms with Crippen LogP contribution in [0.25, 0.3) is 0 Å². The van der Waals surface area contributed by atoms with E-state index in [-0.39, 0.29) is 17.4 Å². The number of hydrogen-bond donors (Lipinski definition) is 0. The van der Waals surface area contributed by atoms with E-state index in [4.69, 9.17) is 0 Å². The molecular formula is C27H31N3O. The Kier molecular flexibility index (Phi) is 5.41. The zero-order valence-electron chi connectivity index (χ0n) is 18.3. The number of carbonyl (C=O) groups excluding carboxylic acids is 1. The molecule has 3 heterocycles. The van der Waals surface area contributed by atoms with Crippen molar-refractivity contribution in [3.8, 4) is 0 Å². The molecule has 1 spiro atoms. The summed E-state index contributed by atoms with van der Waals surface area (Å²) < 4.78 is 1.94. The van der Waals surface area contributed by atoms with Crippen LogP contribution in [0.2, 0.25) is 0 Å². The molecule has 0 N–H and O–H groups in total. The highest BCUT2D eigenvalue weighted by atomic mass is 16.2. The highest BCUT2D eigenvalue weighted by Gasteiger charge is 2.44. The van der Waals surface area contributed by atoms with E-state index < -0.39 is 0 Å². The number of hydrogen-bond acceptors (Lipinski definition) is 2. The first-order valence-corrected chi connectivity index (χ1v) is 11.4. The summed E-state index contributed by atoms with van der Waals surface area (Å²) in [5.41, 5.74) is 3.68. The molecule has 4 nitrogen and oxygen atoms in total. The second-order valence-corrected chi connectivity index (χ2v) is 9.28. The maximum absolute atomic E-state index is 13.2. The van der Waals surface area contributed by atoms with E-state index in [9.17, 15) is 4.79 Å². The third kappa shape index (κ3) is 3.92. The van der Waals surface area contributed by atoms with Gasteiger partial charge in [0.25, 0.3) is 5.91 Å². The summed E-state index contributed by atoms with van der Waals surface area (Å²) in [6.45, 7) is 3.84. The maximum atomic E-state index is 13.2. The van der Waals surface area contributed by atoms with Crippen molar-refractivity contribution in [1.29, 1.82) is 0 Å². The van der Waals surface area contributed by atoms with Crippen molar-refractivity contribution in [3.05, 3.63) is 95.8 Å². The molecule has 160 valence electrons. The molecule has 0 saturated carbocycles. The topological polar surface area (TPSA) is 28.5 Å². The normalized spacial score (nSPS) is 21.8. The number of nitrogens with zero attached hydrogens (tertiary/aromatic N) is 3. The van der Waals surface area contributed by atoms with Gasteiger partial charge in [-0.25, -0.2) is 0 Å². The van der Waals surface area contributed by atoms with Gasteiger partial charge in [-0.3, -0.25) is 9.69 Å². The van der Waals surface area contributed by atoms with Gasteiger partial charge < -0.3 is 9.47 Å². The Morgan fingerprint density at radius 2 is 1.52 bits per heavy atom. The zero-order valence-corrected chi connectivity index (χ0v) is 18.3. The molecule has 1 amide bonds. The number of benzene rings is 2. The molecule has 0 radical (unpaired) electrons. The van der Waals surface area contributed by atoms with Crippen molar-refractivity contribution in [2.75, 3.05) is 26.2 Å². The first kappa shape index (κ1) is 20.1. The smallest absolute Gasteiger partial charge is 0.270 e. The maximum Gasteiger partial charge on any atom is 0.270 e. The molecule has 0 aliphatic carbocycles. The summed E-state index contributed by atoms with van der Waals surface area (Å²) in [6, 6.07) is 25.9. The van der Waals surface area contributed by atoms with Crippen LogP contribution >= 0.6 is 0 Å². The van der Waals surface area contributed by atoms with Crippen molar-refractivity contribution in [2.24, 2.45) is 12.5 Å². The van der Waals surface area contributed by atoms with Gasteiger partial charge in [0.1, 0.15) is 5.69 Å². The Morgan fingerprint density at radius 1 is 0.839 bits per heavy atom. The summed E-state index contributed by atoms with van der Waals surface area (Å²) >= 11 is 0. The van der Waals surface area contributed by atoms with Gasteiger partial charge in [0, 0.05) is 38.3 Å². The monoisotopic (exact) mass is 413 g/mol. The quantitative estimate of drug-likeness (QED) is 0.618. The zero-order chi connectivity index (χ0) is 21.3. The lowest BCUT2D eigenvalue weighted by atomic mass is 9.79. The van der Waals surface area contributed by atoms with Crippen LogP contribution in [0, 0.1) is 5.41 Å². The second kappa shape index (κ2) is 8.35. The molecule has 2 saturated heterocycles. The largest absolute Gasteiger partial charge is 0.347 e. The van der Waals surface area contributed by atoms with E-state index in [1.807, 2.05) is 29.9 Å². The van der Waals surface area contributed by atoms with Crippen molar-refractivity contribution in [1.82, 2.24) is 14.4 Å². The van der Waals surface area contributed by atoms with Crippen LogP contribution in [0.5, 0.6) is 0 Å². The molecule has 3 aromatic rings. The summed E-state index contributed by atoms with van der Waals surface area (Å²) in [5, 5.41) is 0. The Morgan fingerprint density at radius 3 is 2.13 bits per heavy atom. The SMILES string of the molecule is Cn1cccc1C(=O)N1CCC[C@@]2(CCN(C(c3ccccc3)c3ccccc3)C2)C1. The van der Waals surface area contributed by atoms with Crippen molar-refractivity contribution in [3.63, 3.8) is 0 Å². The Hall–Kier alpha value is -2.85. The van der Waals surface area contributed by atoms with E-state index in [1.54, 1.807) is 0 Å². The standard InChI is InChI=1S/C27H31N3O/c1-28-17-8-14-24(28)26(31)30-18-9-15-27(21-30)16-19-29(20-27)25(22-10-4-2-5-11-22)23-12-6-3-7-13-23/h2-8,10-14,17,25H,9,15-16,18-21H2,1H3/t27-/m0/s1. The highest BCUT2D eigenvalue weighted by molar-refractivity contribution is 5.92. The number of carbonyl (C=O) groups is 1. The van der Waals surface area contributed by atoms with Gasteiger partial charge >= 0.3 is 0 Å². The lowest BCUT2D eigenvalue weighted by Gasteiger charge is -2.41. The van der Waals surface area contributed by atoms with E-state index in [1.165, 1.54) is 17.5 Å². The first-order valence-electron chi connectivity index (χ1n) is 11.4. The van der Waals surface area contributed by atoms with Crippen molar-refractivity contribution < 1.29 is 4.79 Å². The third-order valence-electron chi connectivity index (χ3n) is 7.18. The molecule has 31 heavy (non-hydrogen) atoms. The van der Waals surface area contributed by atoms with Crippen LogP contribution < -0.4 is 0 Å². The number of aromatic nitrogens is 1. The lowest BCUT2D eigenvalue weighted by molar-refractivity contribution is 0.0511. The van der Waals surface area contributed by atoms with Crippen LogP contribution in [0.1, 0.15) is 46.9 Å². The highest BCUT2D eigenvalue weighted by Crippen LogP contribution is 2.43. The summed E-state index contributed by atoms with van der Waals surface area (Å²) in [4.78, 5) is 17.9. The van der Waals surface area contributed by atoms with Crippen LogP contribution in [0.4, 0.5) is 0 Å². The number of piperidine rings is 1. The predicted molar refractivity (Wildman–Crippen MR) is 124 cm³/mol. The minimum atomic E-state index is 0.174. The number of likely N-dealkylation sites (tertiary alicyclic amines) is 2.